The van der Waals surface area contributed by atoms with Gasteiger partial charge in [0.1, 0.15) is 11.3 Å². The third kappa shape index (κ3) is 5.11. The molecule has 1 atom stereocenters. The molecule has 1 amide bonds. The Bertz CT molecular complexity index is 1870. The molecule has 0 bridgehead atoms. The smallest absolute Gasteiger partial charge is 0.301 e. The summed E-state index contributed by atoms with van der Waals surface area (Å²) in [5.41, 5.74) is 2.77. The second-order valence-corrected chi connectivity index (χ2v) is 12.5. The zero-order chi connectivity index (χ0) is 28.8. The Morgan fingerprint density at radius 3 is 2.56 bits per heavy atom. The van der Waals surface area contributed by atoms with Gasteiger partial charge in [-0.2, -0.15) is 0 Å². The molecule has 5 aromatic rings. The number of aliphatic hydroxyl groups excluding tert-OH is 1. The Morgan fingerprint density at radius 2 is 1.80 bits per heavy atom. The summed E-state index contributed by atoms with van der Waals surface area (Å²) in [4.78, 5) is 32.9. The molecule has 3 aromatic heterocycles. The highest BCUT2D eigenvalue weighted by Gasteiger charge is 2.49. The fourth-order valence-corrected chi connectivity index (χ4v) is 6.89. The van der Waals surface area contributed by atoms with E-state index in [1.54, 1.807) is 47.9 Å². The number of thioether (sulfide) groups is 1. The van der Waals surface area contributed by atoms with Crippen LogP contribution in [0.3, 0.4) is 0 Å². The molecule has 1 aliphatic heterocycles. The van der Waals surface area contributed by atoms with Crippen molar-refractivity contribution in [1.82, 2.24) is 19.6 Å². The number of aryl methyl sites for hydroxylation is 1. The molecule has 206 valence electrons. The van der Waals surface area contributed by atoms with Crippen molar-refractivity contribution in [2.75, 3.05) is 4.90 Å². The van der Waals surface area contributed by atoms with Gasteiger partial charge in [0.05, 0.1) is 27.4 Å². The molecule has 41 heavy (non-hydrogen) atoms. The second-order valence-electron chi connectivity index (χ2n) is 9.08. The summed E-state index contributed by atoms with van der Waals surface area (Å²) < 4.78 is 2.27. The van der Waals surface area contributed by atoms with Crippen molar-refractivity contribution in [3.63, 3.8) is 0 Å². The quantitative estimate of drug-likeness (QED) is 0.0678. The van der Waals surface area contributed by atoms with Crippen LogP contribution in [0.1, 0.15) is 28.6 Å². The summed E-state index contributed by atoms with van der Waals surface area (Å²) in [7, 11) is 0. The van der Waals surface area contributed by atoms with Crippen molar-refractivity contribution in [3.8, 4) is 0 Å². The summed E-state index contributed by atoms with van der Waals surface area (Å²) in [6.45, 7) is 1.72. The van der Waals surface area contributed by atoms with Crippen LogP contribution in [-0.2, 0) is 15.3 Å². The lowest BCUT2D eigenvalue weighted by atomic mass is 9.96. The van der Waals surface area contributed by atoms with Crippen molar-refractivity contribution in [2.45, 2.75) is 23.1 Å². The van der Waals surface area contributed by atoms with E-state index in [9.17, 15) is 14.7 Å². The van der Waals surface area contributed by atoms with E-state index in [1.165, 1.54) is 28.0 Å². The van der Waals surface area contributed by atoms with Gasteiger partial charge >= 0.3 is 5.91 Å². The number of aromatic nitrogens is 4. The van der Waals surface area contributed by atoms with Crippen molar-refractivity contribution in [2.24, 2.45) is 0 Å². The lowest BCUT2D eigenvalue weighted by Crippen LogP contribution is -2.29. The van der Waals surface area contributed by atoms with E-state index in [4.69, 9.17) is 34.8 Å². The van der Waals surface area contributed by atoms with Gasteiger partial charge in [0, 0.05) is 17.0 Å². The number of carbonyl (C=O) groups is 2. The summed E-state index contributed by atoms with van der Waals surface area (Å²) in [5, 5.41) is 21.5. The van der Waals surface area contributed by atoms with Crippen LogP contribution in [0.4, 0.5) is 5.13 Å². The number of ketones is 1. The maximum atomic E-state index is 13.6. The van der Waals surface area contributed by atoms with E-state index in [1.807, 2.05) is 30.3 Å². The number of halogens is 3. The SMILES string of the molecule is Cc1nc2ccccn2c1C(O)=C1C(=O)C(=O)N(c2nnc(SCc3ccc(Cl)cc3)s2)C1c1ccc(Cl)c(Cl)c1. The van der Waals surface area contributed by atoms with Crippen molar-refractivity contribution < 1.29 is 14.7 Å². The number of carbonyl (C=O) groups excluding carboxylic acids is 2. The lowest BCUT2D eigenvalue weighted by molar-refractivity contribution is -0.132. The number of fused-ring (bicyclic) bond motifs is 1. The van der Waals surface area contributed by atoms with Crippen LogP contribution in [-0.4, -0.2) is 36.4 Å². The minimum atomic E-state index is -1.04. The first-order chi connectivity index (χ1) is 19.7. The number of benzene rings is 2. The monoisotopic (exact) mass is 641 g/mol. The number of nitrogens with zero attached hydrogens (tertiary/aromatic N) is 5. The van der Waals surface area contributed by atoms with Crippen molar-refractivity contribution >= 4 is 86.1 Å². The fraction of sp³-hybridized carbons (Fsp3) is 0.107. The van der Waals surface area contributed by atoms with E-state index < -0.39 is 17.7 Å². The Morgan fingerprint density at radius 1 is 1.02 bits per heavy atom. The molecule has 13 heteroatoms. The van der Waals surface area contributed by atoms with Crippen LogP contribution in [0.25, 0.3) is 11.4 Å². The number of rotatable bonds is 6. The largest absolute Gasteiger partial charge is 0.505 e. The lowest BCUT2D eigenvalue weighted by Gasteiger charge is -2.22. The maximum absolute atomic E-state index is 13.6. The van der Waals surface area contributed by atoms with E-state index in [-0.39, 0.29) is 21.5 Å². The third-order valence-electron chi connectivity index (χ3n) is 6.51. The van der Waals surface area contributed by atoms with E-state index in [2.05, 4.69) is 15.2 Å². The molecule has 0 spiro atoms. The van der Waals surface area contributed by atoms with Gasteiger partial charge in [-0.1, -0.05) is 82.2 Å². The molecule has 1 aliphatic rings. The molecule has 0 aliphatic carbocycles. The third-order valence-corrected chi connectivity index (χ3v) is 9.63. The highest BCUT2D eigenvalue weighted by molar-refractivity contribution is 8.00. The van der Waals surface area contributed by atoms with Gasteiger partial charge in [-0.25, -0.2) is 4.98 Å². The number of anilines is 1. The first kappa shape index (κ1) is 27.7. The zero-order valence-corrected chi connectivity index (χ0v) is 25.0. The average Bonchev–Trinajstić information content (AvgIpc) is 3.63. The highest BCUT2D eigenvalue weighted by atomic mass is 35.5. The second kappa shape index (κ2) is 11.1. The summed E-state index contributed by atoms with van der Waals surface area (Å²) >= 11 is 21.1. The van der Waals surface area contributed by atoms with Crippen molar-refractivity contribution in [3.05, 3.63) is 110 Å². The molecule has 6 rings (SSSR count). The Labute approximate surface area is 257 Å². The number of imidazole rings is 1. The Balaban J connectivity index is 1.45. The predicted octanol–water partition coefficient (Wildman–Crippen LogP) is 7.37. The van der Waals surface area contributed by atoms with Gasteiger partial charge in [-0.15, -0.1) is 10.2 Å². The number of hydrogen-bond donors (Lipinski definition) is 1. The average molecular weight is 643 g/mol. The number of aliphatic hydroxyl groups is 1. The van der Waals surface area contributed by atoms with E-state index in [0.29, 0.717) is 42.7 Å². The van der Waals surface area contributed by atoms with Gasteiger partial charge in [0.15, 0.2) is 10.1 Å². The topological polar surface area (TPSA) is 101 Å². The normalized spacial score (nSPS) is 16.7. The summed E-state index contributed by atoms with van der Waals surface area (Å²) in [6.07, 6.45) is 1.73. The standard InChI is InChI=1S/C28H18Cl3N5O3S2/c1-14-22(35-11-3-2-4-20(35)32-14)24(37)21-23(16-7-10-18(30)19(31)12-16)36(26(39)25(21)38)27-33-34-28(41-27)40-13-15-5-8-17(29)9-6-15/h2-12,23,37H,13H2,1H3. The molecule has 0 saturated carbocycles. The maximum Gasteiger partial charge on any atom is 0.301 e. The molecule has 1 unspecified atom stereocenters. The molecule has 1 fully saturated rings. The zero-order valence-electron chi connectivity index (χ0n) is 21.1. The number of pyridine rings is 1. The first-order valence-corrected chi connectivity index (χ1v) is 15.1. The Hall–Kier alpha value is -3.41. The van der Waals surface area contributed by atoms with E-state index >= 15 is 0 Å². The van der Waals surface area contributed by atoms with Crippen molar-refractivity contribution in [1.29, 1.82) is 0 Å². The van der Waals surface area contributed by atoms with Gasteiger partial charge in [0.2, 0.25) is 5.13 Å². The molecular weight excluding hydrogens is 625 g/mol. The first-order valence-electron chi connectivity index (χ1n) is 12.1. The van der Waals surface area contributed by atoms with Crippen LogP contribution in [0.5, 0.6) is 0 Å². The van der Waals surface area contributed by atoms with Gasteiger partial charge < -0.3 is 5.11 Å². The van der Waals surface area contributed by atoms with Crippen LogP contribution >= 0.6 is 57.9 Å². The minimum absolute atomic E-state index is 0.118. The summed E-state index contributed by atoms with van der Waals surface area (Å²) in [5.74, 6) is -1.47. The molecule has 1 N–H and O–H groups in total. The van der Waals surface area contributed by atoms with Crippen LogP contribution in [0, 0.1) is 6.92 Å². The Kier molecular flexibility index (Phi) is 7.52. The molecule has 2 aromatic carbocycles. The molecule has 4 heterocycles. The predicted molar refractivity (Wildman–Crippen MR) is 162 cm³/mol. The van der Waals surface area contributed by atoms with Gasteiger partial charge in [-0.05, 0) is 54.4 Å². The molecule has 8 nitrogen and oxygen atoms in total. The fourth-order valence-electron chi connectivity index (χ4n) is 4.64. The van der Waals surface area contributed by atoms with Crippen LogP contribution in [0.15, 0.2) is 76.8 Å². The molecule has 1 saturated heterocycles. The van der Waals surface area contributed by atoms with Gasteiger partial charge in [0.25, 0.3) is 5.78 Å². The minimum Gasteiger partial charge on any atom is -0.505 e. The van der Waals surface area contributed by atoms with Gasteiger partial charge in [-0.3, -0.25) is 18.9 Å². The van der Waals surface area contributed by atoms with E-state index in [0.717, 1.165) is 5.56 Å². The van der Waals surface area contributed by atoms with Crippen LogP contribution in [0.2, 0.25) is 15.1 Å². The summed E-state index contributed by atoms with van der Waals surface area (Å²) in [6, 6.07) is 16.6. The molecule has 0 radical (unpaired) electrons. The highest BCUT2D eigenvalue weighted by Crippen LogP contribution is 2.45. The number of Topliss-reactive ketones (excluding diaryl/α,β-unsaturated/α-hetero) is 1. The molecular formula is C28H18Cl3N5O3S2. The van der Waals surface area contributed by atoms with Crippen LogP contribution < -0.4 is 4.90 Å². The number of amides is 1. The number of hydrogen-bond acceptors (Lipinski definition) is 8.